The third kappa shape index (κ3) is 2.60. The first-order chi connectivity index (χ1) is 11.7. The summed E-state index contributed by atoms with van der Waals surface area (Å²) < 4.78 is 5.30. The minimum absolute atomic E-state index is 0.185. The number of rotatable bonds is 4. The molecular weight excluding hydrogens is 300 g/mol. The molecular formula is C20H24N2O2. The number of hydrogen-bond acceptors (Lipinski definition) is 4. The van der Waals surface area contributed by atoms with Crippen molar-refractivity contribution in [1.82, 2.24) is 9.88 Å². The Hall–Kier alpha value is -1.91. The molecule has 0 spiro atoms. The Labute approximate surface area is 142 Å². The van der Waals surface area contributed by atoms with Gasteiger partial charge in [0, 0.05) is 29.7 Å². The third-order valence-electron chi connectivity index (χ3n) is 5.77. The Balaban J connectivity index is 1.61. The molecule has 4 heterocycles. The smallest absolute Gasteiger partial charge is 0.119 e. The molecule has 0 aliphatic carbocycles. The molecule has 1 aromatic heterocycles. The topological polar surface area (TPSA) is 45.6 Å². The van der Waals surface area contributed by atoms with Crippen LogP contribution in [0.15, 0.2) is 43.1 Å². The van der Waals surface area contributed by atoms with Crippen molar-refractivity contribution in [3.05, 3.63) is 48.7 Å². The number of ether oxygens (including phenoxy) is 1. The van der Waals surface area contributed by atoms with Gasteiger partial charge in [-0.25, -0.2) is 0 Å². The van der Waals surface area contributed by atoms with Gasteiger partial charge in [0.15, 0.2) is 0 Å². The molecule has 126 valence electrons. The predicted octanol–water partition coefficient (Wildman–Crippen LogP) is 3.17. The Morgan fingerprint density at radius 3 is 3.00 bits per heavy atom. The molecule has 3 saturated heterocycles. The lowest BCUT2D eigenvalue weighted by Gasteiger charge is -2.50. The molecule has 4 nitrogen and oxygen atoms in total. The number of hydrogen-bond donors (Lipinski definition) is 1. The SMILES string of the molecule is C=C[C@@H]1CN2CC[C@H]1C[C@@H]2[C@@H](O)c1cnc2ccc(OC)cc2c1. The van der Waals surface area contributed by atoms with Gasteiger partial charge in [-0.05, 0) is 55.5 Å². The van der Waals surface area contributed by atoms with Gasteiger partial charge >= 0.3 is 0 Å². The lowest BCUT2D eigenvalue weighted by Crippen LogP contribution is -2.54. The normalized spacial score (nSPS) is 30.2. The van der Waals surface area contributed by atoms with Crippen LogP contribution in [-0.2, 0) is 0 Å². The maximum atomic E-state index is 11.0. The summed E-state index contributed by atoms with van der Waals surface area (Å²) in [4.78, 5) is 6.94. The van der Waals surface area contributed by atoms with Crippen LogP contribution < -0.4 is 4.74 Å². The van der Waals surface area contributed by atoms with E-state index in [9.17, 15) is 5.11 Å². The fraction of sp³-hybridized carbons (Fsp3) is 0.450. The first-order valence-corrected chi connectivity index (χ1v) is 8.68. The number of benzene rings is 1. The van der Waals surface area contributed by atoms with Gasteiger partial charge < -0.3 is 9.84 Å². The van der Waals surface area contributed by atoms with Crippen molar-refractivity contribution in [3.8, 4) is 5.75 Å². The van der Waals surface area contributed by atoms with Gasteiger partial charge in [0.2, 0.25) is 0 Å². The molecule has 2 bridgehead atoms. The molecule has 0 amide bonds. The monoisotopic (exact) mass is 324 g/mol. The highest BCUT2D eigenvalue weighted by Crippen LogP contribution is 2.41. The van der Waals surface area contributed by atoms with Gasteiger partial charge in [-0.2, -0.15) is 0 Å². The second-order valence-corrected chi connectivity index (χ2v) is 7.02. The number of aromatic nitrogens is 1. The first-order valence-electron chi connectivity index (χ1n) is 8.68. The third-order valence-corrected chi connectivity index (χ3v) is 5.77. The fourth-order valence-corrected chi connectivity index (χ4v) is 4.34. The van der Waals surface area contributed by atoms with E-state index in [0.717, 1.165) is 41.7 Å². The molecule has 5 rings (SSSR count). The quantitative estimate of drug-likeness (QED) is 0.878. The standard InChI is InChI=1S/C20H24N2O2/c1-3-13-12-22-7-6-14(13)10-19(22)20(23)16-8-15-9-17(24-2)4-5-18(15)21-11-16/h3-5,8-9,11,13-14,19-20,23H,1,6-7,10,12H2,2H3/t13-,14+,19-,20+/m1/s1. The summed E-state index contributed by atoms with van der Waals surface area (Å²) in [5.74, 6) is 2.03. The lowest BCUT2D eigenvalue weighted by atomic mass is 9.74. The Bertz CT molecular complexity index is 760. The van der Waals surface area contributed by atoms with Gasteiger partial charge in [0.1, 0.15) is 5.75 Å². The first kappa shape index (κ1) is 15.6. The molecule has 1 N–H and O–H groups in total. The van der Waals surface area contributed by atoms with Gasteiger partial charge in [-0.1, -0.05) is 6.08 Å². The van der Waals surface area contributed by atoms with E-state index in [1.807, 2.05) is 30.5 Å². The minimum atomic E-state index is -0.498. The van der Waals surface area contributed by atoms with Crippen LogP contribution in [-0.4, -0.2) is 41.2 Å². The van der Waals surface area contributed by atoms with E-state index in [0.29, 0.717) is 11.8 Å². The van der Waals surface area contributed by atoms with E-state index in [4.69, 9.17) is 4.74 Å². The molecule has 3 fully saturated rings. The van der Waals surface area contributed by atoms with E-state index in [2.05, 4.69) is 22.5 Å². The summed E-state index contributed by atoms with van der Waals surface area (Å²) in [7, 11) is 1.66. The van der Waals surface area contributed by atoms with E-state index in [-0.39, 0.29) is 6.04 Å². The molecule has 5 atom stereocenters. The Kier molecular flexibility index (Phi) is 4.02. The van der Waals surface area contributed by atoms with E-state index in [1.54, 1.807) is 7.11 Å². The molecule has 3 aliphatic rings. The summed E-state index contributed by atoms with van der Waals surface area (Å²) in [6.07, 6.45) is 5.65. The molecule has 24 heavy (non-hydrogen) atoms. The number of aliphatic hydroxyl groups is 1. The highest BCUT2D eigenvalue weighted by molar-refractivity contribution is 5.80. The van der Waals surface area contributed by atoms with Gasteiger partial charge in [0.25, 0.3) is 0 Å². The van der Waals surface area contributed by atoms with Crippen LogP contribution >= 0.6 is 0 Å². The number of fused-ring (bicyclic) bond motifs is 4. The second-order valence-electron chi connectivity index (χ2n) is 7.02. The fourth-order valence-electron chi connectivity index (χ4n) is 4.34. The number of nitrogens with zero attached hydrogens (tertiary/aromatic N) is 2. The van der Waals surface area contributed by atoms with Crippen LogP contribution in [0.5, 0.6) is 5.75 Å². The molecule has 3 aliphatic heterocycles. The Morgan fingerprint density at radius 2 is 2.29 bits per heavy atom. The number of piperidine rings is 3. The minimum Gasteiger partial charge on any atom is -0.497 e. The highest BCUT2D eigenvalue weighted by Gasteiger charge is 2.42. The van der Waals surface area contributed by atoms with E-state index < -0.39 is 6.10 Å². The maximum absolute atomic E-state index is 11.0. The van der Waals surface area contributed by atoms with Crippen LogP contribution in [0.25, 0.3) is 10.9 Å². The molecule has 1 aromatic carbocycles. The molecule has 0 saturated carbocycles. The molecule has 0 radical (unpaired) electrons. The predicted molar refractivity (Wildman–Crippen MR) is 95.0 cm³/mol. The number of aliphatic hydroxyl groups excluding tert-OH is 1. The summed E-state index contributed by atoms with van der Waals surface area (Å²) in [6.45, 7) is 6.06. The molecule has 1 unspecified atom stereocenters. The maximum Gasteiger partial charge on any atom is 0.119 e. The van der Waals surface area contributed by atoms with E-state index in [1.165, 1.54) is 6.42 Å². The second kappa shape index (κ2) is 6.19. The Morgan fingerprint density at radius 1 is 1.42 bits per heavy atom. The van der Waals surface area contributed by atoms with Crippen molar-refractivity contribution in [2.45, 2.75) is 25.0 Å². The van der Waals surface area contributed by atoms with E-state index >= 15 is 0 Å². The summed E-state index contributed by atoms with van der Waals surface area (Å²) in [5.41, 5.74) is 1.81. The zero-order chi connectivity index (χ0) is 16.7. The van der Waals surface area contributed by atoms with Crippen molar-refractivity contribution >= 4 is 10.9 Å². The molecule has 4 heteroatoms. The van der Waals surface area contributed by atoms with Crippen molar-refractivity contribution < 1.29 is 9.84 Å². The van der Waals surface area contributed by atoms with Crippen molar-refractivity contribution in [1.29, 1.82) is 0 Å². The van der Waals surface area contributed by atoms with Crippen LogP contribution in [0, 0.1) is 11.8 Å². The van der Waals surface area contributed by atoms with Gasteiger partial charge in [0.05, 0.1) is 18.7 Å². The van der Waals surface area contributed by atoms with Crippen molar-refractivity contribution in [2.24, 2.45) is 11.8 Å². The van der Waals surface area contributed by atoms with Crippen LogP contribution in [0.1, 0.15) is 24.5 Å². The van der Waals surface area contributed by atoms with Crippen LogP contribution in [0.2, 0.25) is 0 Å². The largest absolute Gasteiger partial charge is 0.497 e. The van der Waals surface area contributed by atoms with Gasteiger partial charge in [-0.3, -0.25) is 9.88 Å². The number of methoxy groups -OCH3 is 1. The zero-order valence-electron chi connectivity index (χ0n) is 14.1. The highest BCUT2D eigenvalue weighted by atomic mass is 16.5. The average molecular weight is 324 g/mol. The van der Waals surface area contributed by atoms with Crippen molar-refractivity contribution in [2.75, 3.05) is 20.2 Å². The summed E-state index contributed by atoms with van der Waals surface area (Å²) in [5, 5.41) is 12.0. The average Bonchev–Trinajstić information content (AvgIpc) is 2.66. The van der Waals surface area contributed by atoms with Crippen molar-refractivity contribution in [3.63, 3.8) is 0 Å². The number of pyridine rings is 1. The van der Waals surface area contributed by atoms with Crippen LogP contribution in [0.3, 0.4) is 0 Å². The zero-order valence-corrected chi connectivity index (χ0v) is 14.1. The van der Waals surface area contributed by atoms with Crippen LogP contribution in [0.4, 0.5) is 0 Å². The summed E-state index contributed by atoms with van der Waals surface area (Å²) in [6, 6.07) is 8.06. The van der Waals surface area contributed by atoms with Gasteiger partial charge in [-0.15, -0.1) is 6.58 Å². The molecule has 2 aromatic rings. The summed E-state index contributed by atoms with van der Waals surface area (Å²) >= 11 is 0. The lowest BCUT2D eigenvalue weighted by molar-refractivity contribution is -0.0449.